The van der Waals surface area contributed by atoms with E-state index in [0.717, 1.165) is 65.8 Å². The summed E-state index contributed by atoms with van der Waals surface area (Å²) in [5.41, 5.74) is 4.68. The summed E-state index contributed by atoms with van der Waals surface area (Å²) in [5, 5.41) is 0. The van der Waals surface area contributed by atoms with Crippen molar-refractivity contribution < 1.29 is 18.0 Å². The first-order chi connectivity index (χ1) is 20.3. The summed E-state index contributed by atoms with van der Waals surface area (Å²) in [7, 11) is 0. The highest BCUT2D eigenvalue weighted by molar-refractivity contribution is 5.84. The zero-order valence-corrected chi connectivity index (χ0v) is 22.8. The highest BCUT2D eigenvalue weighted by Crippen LogP contribution is 2.32. The molecule has 212 valence electrons. The minimum Gasteiger partial charge on any atom is -0.368 e. The number of hydrogen-bond donors (Lipinski definition) is 0. The number of carbonyl (C=O) groups excluding carboxylic acids is 1. The molecule has 0 unspecified atom stereocenters. The standard InChI is InChI=1S/C33H28F3N5O/c34-33(35,36)29-4-2-1-3-26(29)20-28(42)19-23-5-7-24(8-6-23)25-9-10-30-31(21-25)39-32(22-38-30)41-17-15-40(16-18-41)27-11-13-37-14-12-27/h1-14,21-22H,15-20H2. The molecule has 0 aliphatic carbocycles. The van der Waals surface area contributed by atoms with E-state index in [1.54, 1.807) is 0 Å². The molecule has 2 aromatic heterocycles. The molecule has 42 heavy (non-hydrogen) atoms. The van der Waals surface area contributed by atoms with E-state index in [2.05, 4.69) is 19.8 Å². The normalized spacial score (nSPS) is 13.9. The van der Waals surface area contributed by atoms with E-state index in [9.17, 15) is 18.0 Å². The Balaban J connectivity index is 1.12. The Kier molecular flexibility index (Phi) is 7.56. The van der Waals surface area contributed by atoms with Gasteiger partial charge in [0.2, 0.25) is 0 Å². The summed E-state index contributed by atoms with van der Waals surface area (Å²) in [4.78, 5) is 30.9. The Morgan fingerprint density at radius 3 is 2.19 bits per heavy atom. The number of carbonyl (C=O) groups is 1. The second-order valence-electron chi connectivity index (χ2n) is 10.4. The summed E-state index contributed by atoms with van der Waals surface area (Å²) < 4.78 is 39.9. The van der Waals surface area contributed by atoms with Gasteiger partial charge in [-0.1, -0.05) is 48.5 Å². The van der Waals surface area contributed by atoms with Crippen molar-refractivity contribution in [2.45, 2.75) is 19.0 Å². The van der Waals surface area contributed by atoms with Gasteiger partial charge in [-0.2, -0.15) is 13.2 Å². The van der Waals surface area contributed by atoms with Crippen LogP contribution in [0, 0.1) is 0 Å². The molecule has 0 atom stereocenters. The maximum atomic E-state index is 13.3. The lowest BCUT2D eigenvalue weighted by Gasteiger charge is -2.36. The van der Waals surface area contributed by atoms with Crippen molar-refractivity contribution in [2.24, 2.45) is 0 Å². The van der Waals surface area contributed by atoms with Gasteiger partial charge in [-0.25, -0.2) is 4.98 Å². The lowest BCUT2D eigenvalue weighted by Crippen LogP contribution is -2.46. The Morgan fingerprint density at radius 2 is 1.45 bits per heavy atom. The Labute approximate surface area is 241 Å². The van der Waals surface area contributed by atoms with Crippen molar-refractivity contribution in [1.29, 1.82) is 0 Å². The fourth-order valence-electron chi connectivity index (χ4n) is 5.35. The minimum absolute atomic E-state index is 0.00103. The molecule has 3 heterocycles. The highest BCUT2D eigenvalue weighted by atomic mass is 19.4. The van der Waals surface area contributed by atoms with Crippen LogP contribution in [-0.4, -0.2) is 46.9 Å². The average molecular weight is 568 g/mol. The Morgan fingerprint density at radius 1 is 0.762 bits per heavy atom. The van der Waals surface area contributed by atoms with Gasteiger partial charge < -0.3 is 9.80 Å². The number of halogens is 3. The maximum absolute atomic E-state index is 13.3. The number of fused-ring (bicyclic) bond motifs is 1. The molecule has 0 saturated carbocycles. The van der Waals surface area contributed by atoms with Crippen molar-refractivity contribution in [1.82, 2.24) is 15.0 Å². The average Bonchev–Trinajstić information content (AvgIpc) is 3.01. The van der Waals surface area contributed by atoms with Crippen LogP contribution in [0.2, 0.25) is 0 Å². The van der Waals surface area contributed by atoms with E-state index in [4.69, 9.17) is 4.98 Å². The molecule has 0 radical (unpaired) electrons. The maximum Gasteiger partial charge on any atom is 0.416 e. The van der Waals surface area contributed by atoms with Crippen LogP contribution < -0.4 is 9.80 Å². The second kappa shape index (κ2) is 11.6. The molecule has 6 rings (SSSR count). The molecule has 6 nitrogen and oxygen atoms in total. The first kappa shape index (κ1) is 27.4. The first-order valence-electron chi connectivity index (χ1n) is 13.8. The van der Waals surface area contributed by atoms with Gasteiger partial charge in [0.15, 0.2) is 0 Å². The van der Waals surface area contributed by atoms with Crippen molar-refractivity contribution in [3.05, 3.63) is 114 Å². The van der Waals surface area contributed by atoms with Crippen LogP contribution in [0.25, 0.3) is 22.2 Å². The topological polar surface area (TPSA) is 62.2 Å². The minimum atomic E-state index is -4.49. The number of pyridine rings is 1. The zero-order valence-electron chi connectivity index (χ0n) is 22.8. The second-order valence-corrected chi connectivity index (χ2v) is 10.4. The number of aromatic nitrogens is 3. The van der Waals surface area contributed by atoms with Gasteiger partial charge >= 0.3 is 6.18 Å². The van der Waals surface area contributed by atoms with Crippen molar-refractivity contribution in [2.75, 3.05) is 36.0 Å². The third kappa shape index (κ3) is 6.10. The SMILES string of the molecule is O=C(Cc1ccc(-c2ccc3ncc(N4CCN(c5ccncc5)CC4)nc3c2)cc1)Cc1ccccc1C(F)(F)F. The zero-order chi connectivity index (χ0) is 29.1. The molecule has 0 spiro atoms. The molecule has 0 N–H and O–H groups in total. The number of anilines is 2. The van der Waals surface area contributed by atoms with Gasteiger partial charge in [0.05, 0.1) is 22.8 Å². The third-order valence-corrected chi connectivity index (χ3v) is 7.56. The fraction of sp³-hybridized carbons (Fsp3) is 0.212. The molecular weight excluding hydrogens is 539 g/mol. The summed E-state index contributed by atoms with van der Waals surface area (Å²) in [6.45, 7) is 3.44. The van der Waals surface area contributed by atoms with Crippen LogP contribution in [0.15, 0.2) is 97.5 Å². The number of benzene rings is 3. The molecule has 1 fully saturated rings. The Hall–Kier alpha value is -4.79. The van der Waals surface area contributed by atoms with E-state index in [0.29, 0.717) is 0 Å². The van der Waals surface area contributed by atoms with Gasteiger partial charge in [-0.15, -0.1) is 0 Å². The van der Waals surface area contributed by atoms with Crippen molar-refractivity contribution >= 4 is 28.3 Å². The Bertz CT molecular complexity index is 1700. The number of alkyl halides is 3. The largest absolute Gasteiger partial charge is 0.416 e. The number of rotatable bonds is 7. The molecular formula is C33H28F3N5O. The van der Waals surface area contributed by atoms with Crippen LogP contribution >= 0.6 is 0 Å². The van der Waals surface area contributed by atoms with Crippen molar-refractivity contribution in [3.63, 3.8) is 0 Å². The molecule has 9 heteroatoms. The summed E-state index contributed by atoms with van der Waals surface area (Å²) in [5.74, 6) is 0.574. The monoisotopic (exact) mass is 567 g/mol. The molecule has 1 aliphatic rings. The van der Waals surface area contributed by atoms with Gasteiger partial charge in [-0.3, -0.25) is 14.8 Å². The van der Waals surface area contributed by atoms with Gasteiger partial charge in [0.1, 0.15) is 11.6 Å². The van der Waals surface area contributed by atoms with Crippen LogP contribution in [0.1, 0.15) is 16.7 Å². The number of Topliss-reactive ketones (excluding diaryl/α,β-unsaturated/α-hetero) is 1. The lowest BCUT2D eigenvalue weighted by atomic mass is 9.97. The third-order valence-electron chi connectivity index (χ3n) is 7.56. The van der Waals surface area contributed by atoms with E-state index < -0.39 is 11.7 Å². The molecule has 0 amide bonds. The highest BCUT2D eigenvalue weighted by Gasteiger charge is 2.33. The van der Waals surface area contributed by atoms with Gasteiger partial charge in [-0.05, 0) is 52.6 Å². The fourth-order valence-corrected chi connectivity index (χ4v) is 5.35. The van der Waals surface area contributed by atoms with Crippen LogP contribution in [0.4, 0.5) is 24.7 Å². The van der Waals surface area contributed by atoms with Crippen molar-refractivity contribution in [3.8, 4) is 11.1 Å². The number of hydrogen-bond acceptors (Lipinski definition) is 6. The van der Waals surface area contributed by atoms with E-state index in [-0.39, 0.29) is 24.2 Å². The van der Waals surface area contributed by atoms with Gasteiger partial charge in [0, 0.05) is 57.1 Å². The van der Waals surface area contributed by atoms with Crippen LogP contribution in [0.5, 0.6) is 0 Å². The summed E-state index contributed by atoms with van der Waals surface area (Å²) >= 11 is 0. The van der Waals surface area contributed by atoms with E-state index in [1.807, 2.05) is 73.2 Å². The van der Waals surface area contributed by atoms with E-state index in [1.165, 1.54) is 23.9 Å². The summed E-state index contributed by atoms with van der Waals surface area (Å²) in [6, 6.07) is 22.7. The van der Waals surface area contributed by atoms with Crippen LogP contribution in [-0.2, 0) is 23.8 Å². The predicted octanol–water partition coefficient (Wildman–Crippen LogP) is 6.39. The smallest absolute Gasteiger partial charge is 0.368 e. The molecule has 1 saturated heterocycles. The molecule has 0 bridgehead atoms. The lowest BCUT2D eigenvalue weighted by molar-refractivity contribution is -0.138. The van der Waals surface area contributed by atoms with Crippen LogP contribution in [0.3, 0.4) is 0 Å². The molecule has 5 aromatic rings. The quantitative estimate of drug-likeness (QED) is 0.227. The first-order valence-corrected chi connectivity index (χ1v) is 13.8. The van der Waals surface area contributed by atoms with Gasteiger partial charge in [0.25, 0.3) is 0 Å². The molecule has 3 aromatic carbocycles. The summed E-state index contributed by atoms with van der Waals surface area (Å²) in [6.07, 6.45) is 0.754. The number of ketones is 1. The van der Waals surface area contributed by atoms with E-state index >= 15 is 0 Å². The predicted molar refractivity (Wildman–Crippen MR) is 157 cm³/mol. The number of nitrogens with zero attached hydrogens (tertiary/aromatic N) is 5. The number of piperazine rings is 1. The molecule has 1 aliphatic heterocycles.